The summed E-state index contributed by atoms with van der Waals surface area (Å²) in [4.78, 5) is 0. The molecule has 1 aliphatic rings. The number of hydrogen-bond acceptors (Lipinski definition) is 2. The molecule has 0 spiro atoms. The molecule has 0 amide bonds. The van der Waals surface area contributed by atoms with Gasteiger partial charge in [-0.2, -0.15) is 0 Å². The molecule has 2 heteroatoms. The maximum absolute atomic E-state index is 7.65. The normalized spacial score (nSPS) is 11.1. The minimum Gasteiger partial charge on any atom is -0.371 e. The number of aliphatic hydroxyl groups is 1. The van der Waals surface area contributed by atoms with E-state index in [4.69, 9.17) is 5.11 Å². The molecule has 0 radical (unpaired) electrons. The Morgan fingerprint density at radius 2 is 1.82 bits per heavy atom. The summed E-state index contributed by atoms with van der Waals surface area (Å²) in [5.74, 6) is 0. The van der Waals surface area contributed by atoms with Crippen molar-refractivity contribution >= 4 is 0 Å². The fourth-order valence-corrected chi connectivity index (χ4v) is 0.836. The third-order valence-corrected chi connectivity index (χ3v) is 1.50. The van der Waals surface area contributed by atoms with Crippen molar-refractivity contribution in [2.45, 2.75) is 6.42 Å². The summed E-state index contributed by atoms with van der Waals surface area (Å²) < 4.78 is 4.10. The third-order valence-electron chi connectivity index (χ3n) is 1.50. The molecular weight excluding hydrogens is 140 g/mol. The van der Waals surface area contributed by atoms with Crippen molar-refractivity contribution in [2.24, 2.45) is 0 Å². The first-order valence-corrected chi connectivity index (χ1v) is 3.55. The van der Waals surface area contributed by atoms with Crippen molar-refractivity contribution in [3.63, 3.8) is 0 Å². The van der Waals surface area contributed by atoms with Gasteiger partial charge in [0.1, 0.15) is 6.79 Å². The average Bonchev–Trinajstić information content (AvgIpc) is 2.83. The van der Waals surface area contributed by atoms with Crippen LogP contribution in [0.4, 0.5) is 0 Å². The lowest BCUT2D eigenvalue weighted by Crippen LogP contribution is -1.79. The Hall–Kier alpha value is -0.860. The lowest BCUT2D eigenvalue weighted by Gasteiger charge is -1.76. The Bertz CT molecular complexity index is 198. The monoisotopic (exact) mass is 152 g/mol. The molecule has 0 saturated heterocycles. The first-order valence-electron chi connectivity index (χ1n) is 3.55. The number of methoxy groups -OCH3 is 1. The quantitative estimate of drug-likeness (QED) is 0.621. The lowest BCUT2D eigenvalue weighted by atomic mass is 10.4. The molecule has 60 valence electrons. The van der Waals surface area contributed by atoms with E-state index in [2.05, 4.69) is 29.0 Å². The summed E-state index contributed by atoms with van der Waals surface area (Å²) in [5.41, 5.74) is 3.06. The van der Waals surface area contributed by atoms with E-state index in [9.17, 15) is 0 Å². The van der Waals surface area contributed by atoms with Crippen LogP contribution in [0.1, 0.15) is 11.1 Å². The van der Waals surface area contributed by atoms with Gasteiger partial charge in [0.2, 0.25) is 0 Å². The molecule has 1 aromatic rings. The van der Waals surface area contributed by atoms with Gasteiger partial charge < -0.3 is 9.84 Å². The van der Waals surface area contributed by atoms with Gasteiger partial charge in [-0.3, -0.25) is 0 Å². The van der Waals surface area contributed by atoms with Crippen molar-refractivity contribution in [1.29, 1.82) is 0 Å². The third kappa shape index (κ3) is 2.70. The van der Waals surface area contributed by atoms with Gasteiger partial charge in [0.05, 0.1) is 0 Å². The Labute approximate surface area is 66.4 Å². The first kappa shape index (κ1) is 8.24. The smallest absolute Gasteiger partial charge is 0.143 e. The molecule has 0 aromatic heterocycles. The summed E-state index contributed by atoms with van der Waals surface area (Å²) in [6, 6.07) is 8.53. The predicted molar refractivity (Wildman–Crippen MR) is 43.3 cm³/mol. The summed E-state index contributed by atoms with van der Waals surface area (Å²) in [7, 11) is 1.43. The number of fused-ring (bicyclic) bond motifs is 1. The zero-order valence-corrected chi connectivity index (χ0v) is 6.58. The standard InChI is InChI=1S/C7H6.C2H6O2/c1-2-4-7-5-6(7)3-1;1-4-2-3/h1-4H,5H2;3H,2H2,1H3. The van der Waals surface area contributed by atoms with Crippen LogP contribution < -0.4 is 0 Å². The first-order chi connectivity index (χ1) is 5.38. The summed E-state index contributed by atoms with van der Waals surface area (Å²) >= 11 is 0. The molecule has 0 bridgehead atoms. The highest BCUT2D eigenvalue weighted by Gasteiger charge is 2.12. The van der Waals surface area contributed by atoms with Gasteiger partial charge in [-0.25, -0.2) is 0 Å². The summed E-state index contributed by atoms with van der Waals surface area (Å²) in [6.07, 6.45) is 1.24. The van der Waals surface area contributed by atoms with Crippen LogP contribution in [0.25, 0.3) is 0 Å². The fraction of sp³-hybridized carbons (Fsp3) is 0.333. The van der Waals surface area contributed by atoms with Crippen LogP contribution >= 0.6 is 0 Å². The highest BCUT2D eigenvalue weighted by atomic mass is 16.6. The molecule has 2 rings (SSSR count). The number of rotatable bonds is 1. The molecule has 0 heterocycles. The Kier molecular flexibility index (Phi) is 3.08. The zero-order chi connectivity index (χ0) is 8.10. The highest BCUT2D eigenvalue weighted by Crippen LogP contribution is 2.25. The van der Waals surface area contributed by atoms with E-state index in [0.717, 1.165) is 0 Å². The van der Waals surface area contributed by atoms with E-state index in [-0.39, 0.29) is 6.79 Å². The van der Waals surface area contributed by atoms with Gasteiger partial charge in [-0.05, 0) is 17.5 Å². The molecule has 1 aromatic carbocycles. The van der Waals surface area contributed by atoms with Crippen molar-refractivity contribution in [1.82, 2.24) is 0 Å². The highest BCUT2D eigenvalue weighted by molar-refractivity contribution is 5.44. The largest absolute Gasteiger partial charge is 0.371 e. The van der Waals surface area contributed by atoms with Crippen LogP contribution in [-0.2, 0) is 11.2 Å². The average molecular weight is 152 g/mol. The molecule has 0 saturated carbocycles. The molecule has 1 aliphatic carbocycles. The van der Waals surface area contributed by atoms with E-state index < -0.39 is 0 Å². The molecule has 2 nitrogen and oxygen atoms in total. The molecule has 11 heavy (non-hydrogen) atoms. The van der Waals surface area contributed by atoms with Crippen LogP contribution in [0.5, 0.6) is 0 Å². The molecular formula is C9H12O2. The van der Waals surface area contributed by atoms with Crippen LogP contribution in [-0.4, -0.2) is 19.0 Å². The molecule has 0 atom stereocenters. The Morgan fingerprint density at radius 3 is 2.09 bits per heavy atom. The van der Waals surface area contributed by atoms with Gasteiger partial charge in [-0.1, -0.05) is 24.3 Å². The SMILES string of the molecule is COCO.c1ccc2c(c1)C2. The van der Waals surface area contributed by atoms with Crippen LogP contribution in [0.15, 0.2) is 24.3 Å². The van der Waals surface area contributed by atoms with Crippen LogP contribution in [0, 0.1) is 0 Å². The second-order valence-corrected chi connectivity index (χ2v) is 2.36. The van der Waals surface area contributed by atoms with Crippen molar-refractivity contribution in [3.8, 4) is 0 Å². The second-order valence-electron chi connectivity index (χ2n) is 2.36. The van der Waals surface area contributed by atoms with Gasteiger partial charge in [0, 0.05) is 7.11 Å². The van der Waals surface area contributed by atoms with Crippen molar-refractivity contribution in [2.75, 3.05) is 13.9 Å². The van der Waals surface area contributed by atoms with Crippen molar-refractivity contribution < 1.29 is 9.84 Å². The second kappa shape index (κ2) is 4.11. The van der Waals surface area contributed by atoms with E-state index >= 15 is 0 Å². The van der Waals surface area contributed by atoms with E-state index in [1.54, 1.807) is 0 Å². The van der Waals surface area contributed by atoms with Crippen LogP contribution in [0.3, 0.4) is 0 Å². The van der Waals surface area contributed by atoms with E-state index in [1.807, 2.05) is 0 Å². The number of ether oxygens (including phenoxy) is 1. The fourth-order valence-electron chi connectivity index (χ4n) is 0.836. The maximum Gasteiger partial charge on any atom is 0.143 e. The minimum absolute atomic E-state index is 0.181. The summed E-state index contributed by atoms with van der Waals surface area (Å²) in [6.45, 7) is -0.181. The van der Waals surface area contributed by atoms with Gasteiger partial charge in [0.25, 0.3) is 0 Å². The van der Waals surface area contributed by atoms with E-state index in [0.29, 0.717) is 0 Å². The molecule has 0 unspecified atom stereocenters. The number of aliphatic hydroxyl groups excluding tert-OH is 1. The maximum atomic E-state index is 7.65. The van der Waals surface area contributed by atoms with Crippen molar-refractivity contribution in [3.05, 3.63) is 35.4 Å². The summed E-state index contributed by atoms with van der Waals surface area (Å²) in [5, 5.41) is 7.65. The van der Waals surface area contributed by atoms with E-state index in [1.165, 1.54) is 24.7 Å². The van der Waals surface area contributed by atoms with Crippen LogP contribution in [0.2, 0.25) is 0 Å². The topological polar surface area (TPSA) is 29.5 Å². The van der Waals surface area contributed by atoms with Gasteiger partial charge in [0.15, 0.2) is 0 Å². The molecule has 1 N–H and O–H groups in total. The number of benzene rings is 1. The van der Waals surface area contributed by atoms with Gasteiger partial charge >= 0.3 is 0 Å². The predicted octanol–water partition coefficient (Wildman–Crippen LogP) is 1.17. The lowest BCUT2D eigenvalue weighted by molar-refractivity contribution is 0.0325. The zero-order valence-electron chi connectivity index (χ0n) is 6.58. The Balaban J connectivity index is 0.000000134. The molecule has 0 aliphatic heterocycles. The van der Waals surface area contributed by atoms with Gasteiger partial charge in [-0.15, -0.1) is 0 Å². The minimum atomic E-state index is -0.181. The number of hydrogen-bond donors (Lipinski definition) is 1. The molecule has 0 fully saturated rings. The Morgan fingerprint density at radius 1 is 1.36 bits per heavy atom.